The van der Waals surface area contributed by atoms with Gasteiger partial charge in [0.1, 0.15) is 11.4 Å². The third-order valence-corrected chi connectivity index (χ3v) is 4.19. The molecular weight excluding hydrogens is 392 g/mol. The van der Waals surface area contributed by atoms with Gasteiger partial charge >= 0.3 is 12.1 Å². The van der Waals surface area contributed by atoms with E-state index in [9.17, 15) is 18.0 Å². The Morgan fingerprint density at radius 3 is 2.42 bits per heavy atom. The molecule has 0 aliphatic heterocycles. The van der Waals surface area contributed by atoms with Gasteiger partial charge in [-0.2, -0.15) is 18.3 Å². The van der Waals surface area contributed by atoms with Crippen molar-refractivity contribution in [1.82, 2.24) is 9.78 Å². The Balaban J connectivity index is 2.13. The van der Waals surface area contributed by atoms with Crippen LogP contribution in [0.3, 0.4) is 0 Å². The van der Waals surface area contributed by atoms with Crippen LogP contribution in [0.2, 0.25) is 10.0 Å². The van der Waals surface area contributed by atoms with E-state index in [2.05, 4.69) is 5.10 Å². The molecule has 4 nitrogen and oxygen atoms in total. The molecule has 0 atom stereocenters. The molecule has 9 heteroatoms. The maximum atomic E-state index is 12.9. The number of alkyl halides is 3. The lowest BCUT2D eigenvalue weighted by Crippen LogP contribution is -2.07. The highest BCUT2D eigenvalue weighted by Gasteiger charge is 2.32. The van der Waals surface area contributed by atoms with Crippen molar-refractivity contribution < 1.29 is 22.7 Å². The van der Waals surface area contributed by atoms with Gasteiger partial charge in [-0.1, -0.05) is 30.1 Å². The number of ether oxygens (including phenoxy) is 1. The van der Waals surface area contributed by atoms with E-state index in [1.165, 1.54) is 10.9 Å². The Morgan fingerprint density at radius 2 is 1.85 bits per heavy atom. The predicted octanol–water partition coefficient (Wildman–Crippen LogP) is 5.67. The average molecular weight is 403 g/mol. The number of halogens is 5. The number of hydrogen-bond acceptors (Lipinski definition) is 3. The van der Waals surface area contributed by atoms with Crippen molar-refractivity contribution in [2.24, 2.45) is 0 Å². The molecule has 0 bridgehead atoms. The van der Waals surface area contributed by atoms with E-state index in [0.29, 0.717) is 10.9 Å². The van der Waals surface area contributed by atoms with Gasteiger partial charge in [-0.05, 0) is 24.3 Å². The minimum absolute atomic E-state index is 0.107. The van der Waals surface area contributed by atoms with Crippen LogP contribution in [0.15, 0.2) is 36.5 Å². The fourth-order valence-corrected chi connectivity index (χ4v) is 3.02. The number of fused-ring (bicyclic) bond motifs is 1. The number of rotatable bonds is 3. The van der Waals surface area contributed by atoms with E-state index in [-0.39, 0.29) is 27.9 Å². The summed E-state index contributed by atoms with van der Waals surface area (Å²) in [5, 5.41) is 4.41. The number of hydrogen-bond donors (Lipinski definition) is 0. The standard InChI is InChI=1S/C17H11Cl2F3N2O2/c1-2-15(25)26-11-4-3-9-8-23-24(14(9)7-11)16-12(18)5-10(6-13(16)19)17(20,21)22/h3-8H,2H2,1H3. The highest BCUT2D eigenvalue weighted by atomic mass is 35.5. The Labute approximate surface area is 156 Å². The first-order valence-corrected chi connectivity index (χ1v) is 8.21. The molecule has 1 aromatic heterocycles. The molecule has 3 rings (SSSR count). The van der Waals surface area contributed by atoms with Crippen molar-refractivity contribution >= 4 is 40.1 Å². The molecule has 26 heavy (non-hydrogen) atoms. The Hall–Kier alpha value is -2.25. The monoisotopic (exact) mass is 402 g/mol. The highest BCUT2D eigenvalue weighted by Crippen LogP contribution is 2.38. The molecule has 0 unspecified atom stereocenters. The van der Waals surface area contributed by atoms with Crippen molar-refractivity contribution in [3.05, 3.63) is 52.1 Å². The van der Waals surface area contributed by atoms with Gasteiger partial charge in [0, 0.05) is 17.9 Å². The largest absolute Gasteiger partial charge is 0.426 e. The predicted molar refractivity (Wildman–Crippen MR) is 92.0 cm³/mol. The summed E-state index contributed by atoms with van der Waals surface area (Å²) in [6, 6.07) is 6.38. The molecule has 0 aliphatic carbocycles. The maximum Gasteiger partial charge on any atom is 0.416 e. The van der Waals surface area contributed by atoms with Crippen LogP contribution in [0.1, 0.15) is 18.9 Å². The van der Waals surface area contributed by atoms with E-state index in [1.54, 1.807) is 25.1 Å². The Kier molecular flexibility index (Phi) is 4.86. The second-order valence-corrected chi connectivity index (χ2v) is 6.21. The molecule has 0 aliphatic rings. The first-order valence-electron chi connectivity index (χ1n) is 7.45. The summed E-state index contributed by atoms with van der Waals surface area (Å²) in [6.45, 7) is 1.66. The van der Waals surface area contributed by atoms with Crippen LogP contribution in [0.25, 0.3) is 16.6 Å². The third-order valence-electron chi connectivity index (χ3n) is 3.62. The van der Waals surface area contributed by atoms with Crippen molar-refractivity contribution in [1.29, 1.82) is 0 Å². The smallest absolute Gasteiger partial charge is 0.416 e. The molecule has 2 aromatic carbocycles. The first kappa shape index (κ1) is 18.5. The molecule has 0 saturated carbocycles. The zero-order valence-electron chi connectivity index (χ0n) is 13.3. The summed E-state index contributed by atoms with van der Waals surface area (Å²) in [5.74, 6) is -0.133. The number of esters is 1. The average Bonchev–Trinajstić information content (AvgIpc) is 2.96. The second kappa shape index (κ2) is 6.81. The van der Waals surface area contributed by atoms with E-state index in [1.807, 2.05) is 0 Å². The van der Waals surface area contributed by atoms with Crippen molar-refractivity contribution in [3.8, 4) is 11.4 Å². The lowest BCUT2D eigenvalue weighted by Gasteiger charge is -2.13. The summed E-state index contributed by atoms with van der Waals surface area (Å²) in [5.41, 5.74) is -0.365. The minimum Gasteiger partial charge on any atom is -0.426 e. The summed E-state index contributed by atoms with van der Waals surface area (Å²) in [4.78, 5) is 11.5. The summed E-state index contributed by atoms with van der Waals surface area (Å²) in [7, 11) is 0. The number of aromatic nitrogens is 2. The fraction of sp³-hybridized carbons (Fsp3) is 0.176. The van der Waals surface area contributed by atoms with E-state index >= 15 is 0 Å². The lowest BCUT2D eigenvalue weighted by atomic mass is 10.2. The summed E-state index contributed by atoms with van der Waals surface area (Å²) in [6.07, 6.45) is -2.86. The molecule has 3 aromatic rings. The molecule has 0 N–H and O–H groups in total. The van der Waals surface area contributed by atoms with Crippen LogP contribution < -0.4 is 4.74 Å². The topological polar surface area (TPSA) is 44.1 Å². The highest BCUT2D eigenvalue weighted by molar-refractivity contribution is 6.38. The lowest BCUT2D eigenvalue weighted by molar-refractivity contribution is -0.137. The molecule has 0 amide bonds. The van der Waals surface area contributed by atoms with Crippen molar-refractivity contribution in [2.75, 3.05) is 0 Å². The van der Waals surface area contributed by atoms with Crippen LogP contribution in [-0.2, 0) is 11.0 Å². The normalized spacial score (nSPS) is 11.8. The number of carbonyl (C=O) groups excluding carboxylic acids is 1. The summed E-state index contributed by atoms with van der Waals surface area (Å²) < 4.78 is 45.2. The number of carbonyl (C=O) groups is 1. The number of benzene rings is 2. The maximum absolute atomic E-state index is 12.9. The Morgan fingerprint density at radius 1 is 1.19 bits per heavy atom. The van der Waals surface area contributed by atoms with E-state index in [4.69, 9.17) is 27.9 Å². The van der Waals surface area contributed by atoms with Gasteiger partial charge in [0.25, 0.3) is 0 Å². The molecule has 1 heterocycles. The van der Waals surface area contributed by atoms with Crippen LogP contribution >= 0.6 is 23.2 Å². The van der Waals surface area contributed by atoms with Gasteiger partial charge in [0.15, 0.2) is 0 Å². The zero-order chi connectivity index (χ0) is 19.1. The molecule has 0 radical (unpaired) electrons. The van der Waals surface area contributed by atoms with Crippen molar-refractivity contribution in [2.45, 2.75) is 19.5 Å². The second-order valence-electron chi connectivity index (χ2n) is 5.39. The van der Waals surface area contributed by atoms with Gasteiger partial charge < -0.3 is 4.74 Å². The third kappa shape index (κ3) is 3.50. The fourth-order valence-electron chi connectivity index (χ4n) is 2.38. The van der Waals surface area contributed by atoms with Gasteiger partial charge in [-0.3, -0.25) is 4.79 Å². The molecule has 0 saturated heterocycles. The molecule has 0 fully saturated rings. The van der Waals surface area contributed by atoms with Gasteiger partial charge in [0.05, 0.1) is 27.3 Å². The van der Waals surface area contributed by atoms with Crippen LogP contribution in [0, 0.1) is 0 Å². The minimum atomic E-state index is -4.57. The van der Waals surface area contributed by atoms with Gasteiger partial charge in [-0.25, -0.2) is 4.68 Å². The van der Waals surface area contributed by atoms with E-state index in [0.717, 1.165) is 12.1 Å². The van der Waals surface area contributed by atoms with Gasteiger partial charge in [0.2, 0.25) is 0 Å². The van der Waals surface area contributed by atoms with Gasteiger partial charge in [-0.15, -0.1) is 0 Å². The van der Waals surface area contributed by atoms with Crippen LogP contribution in [0.5, 0.6) is 5.75 Å². The van der Waals surface area contributed by atoms with Crippen molar-refractivity contribution in [3.63, 3.8) is 0 Å². The van der Waals surface area contributed by atoms with Crippen LogP contribution in [0.4, 0.5) is 13.2 Å². The summed E-state index contributed by atoms with van der Waals surface area (Å²) >= 11 is 12.1. The number of nitrogens with zero attached hydrogens (tertiary/aromatic N) is 2. The SMILES string of the molecule is CCC(=O)Oc1ccc2cnn(-c3c(Cl)cc(C(F)(F)F)cc3Cl)c2c1. The quantitative estimate of drug-likeness (QED) is 0.418. The molecule has 0 spiro atoms. The zero-order valence-corrected chi connectivity index (χ0v) is 14.8. The molecule has 136 valence electrons. The first-order chi connectivity index (χ1) is 12.2. The van der Waals surface area contributed by atoms with Crippen LogP contribution in [-0.4, -0.2) is 15.7 Å². The molecular formula is C17H11Cl2F3N2O2. The van der Waals surface area contributed by atoms with E-state index < -0.39 is 17.7 Å². The Bertz CT molecular complexity index is 976.